The van der Waals surface area contributed by atoms with Crippen LogP contribution in [-0.2, 0) is 0 Å². The maximum absolute atomic E-state index is 12.8. The lowest BCUT2D eigenvalue weighted by Gasteiger charge is -2.01. The summed E-state index contributed by atoms with van der Waals surface area (Å²) in [6.07, 6.45) is 0. The highest BCUT2D eigenvalue weighted by Crippen LogP contribution is 2.23. The van der Waals surface area contributed by atoms with Crippen LogP contribution in [0, 0.1) is 5.82 Å². The zero-order valence-corrected chi connectivity index (χ0v) is 7.35. The van der Waals surface area contributed by atoms with E-state index in [1.54, 1.807) is 12.1 Å². The highest BCUT2D eigenvalue weighted by molar-refractivity contribution is 6.30. The summed E-state index contributed by atoms with van der Waals surface area (Å²) in [7, 11) is 0. The van der Waals surface area contributed by atoms with Gasteiger partial charge in [-0.15, -0.1) is 0 Å². The molecule has 66 valence electrons. The SMILES string of the molecule is Nc1cc(Cl)nc2cc(F)ccc12. The highest BCUT2D eigenvalue weighted by Gasteiger charge is 2.02. The molecule has 2 nitrogen and oxygen atoms in total. The molecule has 0 aliphatic heterocycles. The van der Waals surface area contributed by atoms with Crippen molar-refractivity contribution in [1.82, 2.24) is 4.98 Å². The molecule has 1 heterocycles. The van der Waals surface area contributed by atoms with E-state index in [0.717, 1.165) is 0 Å². The topological polar surface area (TPSA) is 38.9 Å². The molecule has 1 aromatic carbocycles. The van der Waals surface area contributed by atoms with Crippen LogP contribution in [0.15, 0.2) is 24.3 Å². The van der Waals surface area contributed by atoms with Crippen LogP contribution in [0.2, 0.25) is 5.15 Å². The van der Waals surface area contributed by atoms with Gasteiger partial charge in [0.2, 0.25) is 0 Å². The molecule has 0 saturated heterocycles. The van der Waals surface area contributed by atoms with Crippen LogP contribution in [0.5, 0.6) is 0 Å². The van der Waals surface area contributed by atoms with Gasteiger partial charge in [0.25, 0.3) is 0 Å². The molecule has 0 unspecified atom stereocenters. The fourth-order valence-corrected chi connectivity index (χ4v) is 1.40. The molecule has 0 aliphatic carbocycles. The van der Waals surface area contributed by atoms with Crippen LogP contribution in [0.25, 0.3) is 10.9 Å². The summed E-state index contributed by atoms with van der Waals surface area (Å²) in [5.41, 5.74) is 6.65. The van der Waals surface area contributed by atoms with Crippen molar-refractivity contribution in [3.63, 3.8) is 0 Å². The van der Waals surface area contributed by atoms with E-state index in [2.05, 4.69) is 4.98 Å². The Morgan fingerprint density at radius 2 is 2.08 bits per heavy atom. The summed E-state index contributed by atoms with van der Waals surface area (Å²) in [6.45, 7) is 0. The first-order chi connectivity index (χ1) is 6.16. The van der Waals surface area contributed by atoms with Crippen molar-refractivity contribution in [3.05, 3.63) is 35.2 Å². The summed E-state index contributed by atoms with van der Waals surface area (Å²) < 4.78 is 12.8. The molecule has 13 heavy (non-hydrogen) atoms. The molecular weight excluding hydrogens is 191 g/mol. The van der Waals surface area contributed by atoms with Gasteiger partial charge >= 0.3 is 0 Å². The molecular formula is C9H6ClFN2. The number of rotatable bonds is 0. The van der Waals surface area contributed by atoms with E-state index in [1.165, 1.54) is 12.1 Å². The van der Waals surface area contributed by atoms with E-state index in [0.29, 0.717) is 16.6 Å². The second kappa shape index (κ2) is 2.85. The molecule has 4 heteroatoms. The number of pyridine rings is 1. The van der Waals surface area contributed by atoms with Crippen molar-refractivity contribution < 1.29 is 4.39 Å². The Hall–Kier alpha value is -1.35. The molecule has 2 aromatic rings. The van der Waals surface area contributed by atoms with Gasteiger partial charge in [-0.1, -0.05) is 11.6 Å². The van der Waals surface area contributed by atoms with Crippen LogP contribution in [-0.4, -0.2) is 4.98 Å². The van der Waals surface area contributed by atoms with Crippen molar-refractivity contribution in [2.45, 2.75) is 0 Å². The Labute approximate surface area is 79.1 Å². The first kappa shape index (κ1) is 8.26. The van der Waals surface area contributed by atoms with Crippen molar-refractivity contribution >= 4 is 28.2 Å². The van der Waals surface area contributed by atoms with Gasteiger partial charge in [-0.2, -0.15) is 0 Å². The van der Waals surface area contributed by atoms with Gasteiger partial charge in [0.15, 0.2) is 0 Å². The fraction of sp³-hybridized carbons (Fsp3) is 0. The van der Waals surface area contributed by atoms with E-state index in [4.69, 9.17) is 17.3 Å². The average molecular weight is 197 g/mol. The third-order valence-electron chi connectivity index (χ3n) is 1.77. The number of aromatic nitrogens is 1. The Balaban J connectivity index is 2.86. The molecule has 0 atom stereocenters. The molecule has 1 aromatic heterocycles. The monoisotopic (exact) mass is 196 g/mol. The second-order valence-corrected chi connectivity index (χ2v) is 3.08. The minimum atomic E-state index is -0.346. The molecule has 0 amide bonds. The molecule has 0 fully saturated rings. The van der Waals surface area contributed by atoms with Gasteiger partial charge in [-0.3, -0.25) is 0 Å². The lowest BCUT2D eigenvalue weighted by molar-refractivity contribution is 0.629. The number of nitrogens with two attached hydrogens (primary N) is 1. The van der Waals surface area contributed by atoms with Gasteiger partial charge < -0.3 is 5.73 Å². The molecule has 0 radical (unpaired) electrons. The largest absolute Gasteiger partial charge is 0.398 e. The third-order valence-corrected chi connectivity index (χ3v) is 1.97. The van der Waals surface area contributed by atoms with Gasteiger partial charge in [0, 0.05) is 17.1 Å². The Morgan fingerprint density at radius 3 is 2.85 bits per heavy atom. The zero-order chi connectivity index (χ0) is 9.42. The molecule has 0 aliphatic rings. The van der Waals surface area contributed by atoms with Gasteiger partial charge in [-0.05, 0) is 18.2 Å². The predicted molar refractivity (Wildman–Crippen MR) is 51.1 cm³/mol. The van der Waals surface area contributed by atoms with Crippen LogP contribution in [0.4, 0.5) is 10.1 Å². The normalized spacial score (nSPS) is 10.6. The number of hydrogen-bond donors (Lipinski definition) is 1. The van der Waals surface area contributed by atoms with E-state index in [1.807, 2.05) is 0 Å². The predicted octanol–water partition coefficient (Wildman–Crippen LogP) is 2.61. The Kier molecular flexibility index (Phi) is 1.81. The molecule has 2 N–H and O–H groups in total. The standard InChI is InChI=1S/C9H6ClFN2/c10-9-4-7(12)6-2-1-5(11)3-8(6)13-9/h1-4H,(H2,12,13). The lowest BCUT2D eigenvalue weighted by Crippen LogP contribution is -1.90. The van der Waals surface area contributed by atoms with E-state index < -0.39 is 0 Å². The van der Waals surface area contributed by atoms with E-state index in [9.17, 15) is 4.39 Å². The quantitative estimate of drug-likeness (QED) is 0.658. The van der Waals surface area contributed by atoms with Gasteiger partial charge in [0.05, 0.1) is 5.52 Å². The van der Waals surface area contributed by atoms with Crippen molar-refractivity contribution in [1.29, 1.82) is 0 Å². The van der Waals surface area contributed by atoms with Crippen molar-refractivity contribution in [3.8, 4) is 0 Å². The summed E-state index contributed by atoms with van der Waals surface area (Å²) in [5, 5.41) is 0.987. The summed E-state index contributed by atoms with van der Waals surface area (Å²) in [6, 6.07) is 5.77. The smallest absolute Gasteiger partial charge is 0.131 e. The number of fused-ring (bicyclic) bond motifs is 1. The van der Waals surface area contributed by atoms with Crippen molar-refractivity contribution in [2.75, 3.05) is 5.73 Å². The Morgan fingerprint density at radius 1 is 1.31 bits per heavy atom. The van der Waals surface area contributed by atoms with Gasteiger partial charge in [0.1, 0.15) is 11.0 Å². The Bertz CT molecular complexity index is 465. The zero-order valence-electron chi connectivity index (χ0n) is 6.59. The average Bonchev–Trinajstić information content (AvgIpc) is 2.02. The minimum Gasteiger partial charge on any atom is -0.398 e. The van der Waals surface area contributed by atoms with Crippen LogP contribution >= 0.6 is 11.6 Å². The fourth-order valence-electron chi connectivity index (χ4n) is 1.19. The number of nitrogen functional groups attached to an aromatic ring is 1. The maximum Gasteiger partial charge on any atom is 0.131 e. The number of nitrogens with zero attached hydrogens (tertiary/aromatic N) is 1. The van der Waals surface area contributed by atoms with Gasteiger partial charge in [-0.25, -0.2) is 9.37 Å². The first-order valence-electron chi connectivity index (χ1n) is 3.68. The summed E-state index contributed by atoms with van der Waals surface area (Å²) in [4.78, 5) is 3.94. The van der Waals surface area contributed by atoms with Crippen LogP contribution < -0.4 is 5.73 Å². The van der Waals surface area contributed by atoms with E-state index in [-0.39, 0.29) is 11.0 Å². The number of anilines is 1. The van der Waals surface area contributed by atoms with Crippen molar-refractivity contribution in [2.24, 2.45) is 0 Å². The maximum atomic E-state index is 12.8. The first-order valence-corrected chi connectivity index (χ1v) is 4.06. The highest BCUT2D eigenvalue weighted by atomic mass is 35.5. The van der Waals surface area contributed by atoms with Crippen LogP contribution in [0.1, 0.15) is 0 Å². The number of benzene rings is 1. The number of halogens is 2. The second-order valence-electron chi connectivity index (χ2n) is 2.70. The summed E-state index contributed by atoms with van der Waals surface area (Å²) >= 11 is 5.66. The molecule has 0 saturated carbocycles. The lowest BCUT2D eigenvalue weighted by atomic mass is 10.2. The number of hydrogen-bond acceptors (Lipinski definition) is 2. The van der Waals surface area contributed by atoms with E-state index >= 15 is 0 Å². The molecule has 2 rings (SSSR count). The van der Waals surface area contributed by atoms with Crippen LogP contribution in [0.3, 0.4) is 0 Å². The summed E-state index contributed by atoms with van der Waals surface area (Å²) in [5.74, 6) is -0.346. The molecule has 0 bridgehead atoms. The minimum absolute atomic E-state index is 0.274. The third kappa shape index (κ3) is 1.42. The molecule has 0 spiro atoms.